The number of aliphatic hydroxyl groups excluding tert-OH is 1. The maximum Gasteiger partial charge on any atom is 0.251 e. The van der Waals surface area contributed by atoms with Crippen LogP contribution in [0.3, 0.4) is 0 Å². The third-order valence-electron chi connectivity index (χ3n) is 2.94. The van der Waals surface area contributed by atoms with Gasteiger partial charge in [0.15, 0.2) is 0 Å². The summed E-state index contributed by atoms with van der Waals surface area (Å²) in [6.07, 6.45) is 2.50. The van der Waals surface area contributed by atoms with Crippen LogP contribution in [0.2, 0.25) is 5.15 Å². The zero-order valence-corrected chi connectivity index (χ0v) is 12.2. The van der Waals surface area contributed by atoms with Crippen LogP contribution in [0.5, 0.6) is 0 Å². The smallest absolute Gasteiger partial charge is 0.251 e. The molecule has 0 bridgehead atoms. The largest absolute Gasteiger partial charge is 0.396 e. The molecule has 1 aromatic heterocycles. The normalized spacial score (nSPS) is 12.2. The fourth-order valence-corrected chi connectivity index (χ4v) is 1.94. The zero-order valence-electron chi connectivity index (χ0n) is 11.4. The molecule has 106 valence electrons. The van der Waals surface area contributed by atoms with Gasteiger partial charge in [0.1, 0.15) is 5.15 Å². The van der Waals surface area contributed by atoms with E-state index < -0.39 is 0 Å². The van der Waals surface area contributed by atoms with Crippen LogP contribution >= 0.6 is 11.6 Å². The molecule has 0 aliphatic carbocycles. The Hall–Kier alpha value is -1.13. The highest BCUT2D eigenvalue weighted by molar-refractivity contribution is 6.29. The van der Waals surface area contributed by atoms with E-state index in [1.807, 2.05) is 13.8 Å². The number of pyridine rings is 1. The standard InChI is InChI=1S/C14H21ClN2O2/c1-3-12-7-11(8-13(15)17-12)14(19)16-6-4-5-10(2)9-18/h7-8,10,18H,3-6,9H2,1-2H3,(H,16,19). The molecule has 1 rings (SSSR count). The lowest BCUT2D eigenvalue weighted by Gasteiger charge is -2.09. The summed E-state index contributed by atoms with van der Waals surface area (Å²) < 4.78 is 0. The molecule has 1 amide bonds. The molecule has 1 heterocycles. The van der Waals surface area contributed by atoms with Gasteiger partial charge in [0, 0.05) is 24.4 Å². The van der Waals surface area contributed by atoms with Crippen molar-refractivity contribution in [2.24, 2.45) is 5.92 Å². The van der Waals surface area contributed by atoms with E-state index in [-0.39, 0.29) is 18.4 Å². The lowest BCUT2D eigenvalue weighted by molar-refractivity contribution is 0.0952. The first kappa shape index (κ1) is 15.9. The van der Waals surface area contributed by atoms with Gasteiger partial charge in [-0.3, -0.25) is 4.79 Å². The summed E-state index contributed by atoms with van der Waals surface area (Å²) >= 11 is 5.88. The van der Waals surface area contributed by atoms with Gasteiger partial charge >= 0.3 is 0 Å². The third-order valence-corrected chi connectivity index (χ3v) is 3.14. The van der Waals surface area contributed by atoms with Crippen molar-refractivity contribution in [2.45, 2.75) is 33.1 Å². The molecule has 0 saturated carbocycles. The quantitative estimate of drug-likeness (QED) is 0.597. The Morgan fingerprint density at radius 2 is 2.26 bits per heavy atom. The number of nitrogens with one attached hydrogen (secondary N) is 1. The van der Waals surface area contributed by atoms with Gasteiger partial charge in [-0.25, -0.2) is 4.98 Å². The maximum atomic E-state index is 11.9. The van der Waals surface area contributed by atoms with E-state index in [0.29, 0.717) is 17.3 Å². The number of nitrogens with zero attached hydrogens (tertiary/aromatic N) is 1. The van der Waals surface area contributed by atoms with Crippen molar-refractivity contribution in [3.63, 3.8) is 0 Å². The number of carbonyl (C=O) groups excluding carboxylic acids is 1. The monoisotopic (exact) mass is 284 g/mol. The number of halogens is 1. The highest BCUT2D eigenvalue weighted by Gasteiger charge is 2.08. The van der Waals surface area contributed by atoms with E-state index in [9.17, 15) is 4.79 Å². The first-order chi connectivity index (χ1) is 9.06. The molecule has 1 aromatic rings. The Morgan fingerprint density at radius 3 is 2.89 bits per heavy atom. The molecule has 0 saturated heterocycles. The Morgan fingerprint density at radius 1 is 1.53 bits per heavy atom. The molecule has 0 aliphatic rings. The Kier molecular flexibility index (Phi) is 6.81. The average molecular weight is 285 g/mol. The molecule has 4 nitrogen and oxygen atoms in total. The molecule has 1 atom stereocenters. The fraction of sp³-hybridized carbons (Fsp3) is 0.571. The minimum Gasteiger partial charge on any atom is -0.396 e. The van der Waals surface area contributed by atoms with Gasteiger partial charge < -0.3 is 10.4 Å². The topological polar surface area (TPSA) is 62.2 Å². The number of hydrogen-bond acceptors (Lipinski definition) is 3. The van der Waals surface area contributed by atoms with Gasteiger partial charge in [-0.1, -0.05) is 25.4 Å². The number of aliphatic hydroxyl groups is 1. The SMILES string of the molecule is CCc1cc(C(=O)NCCCC(C)CO)cc(Cl)n1. The summed E-state index contributed by atoms with van der Waals surface area (Å²) in [5.41, 5.74) is 1.36. The summed E-state index contributed by atoms with van der Waals surface area (Å²) in [5.74, 6) is 0.148. The van der Waals surface area contributed by atoms with E-state index >= 15 is 0 Å². The summed E-state index contributed by atoms with van der Waals surface area (Å²) in [6.45, 7) is 4.74. The number of rotatable bonds is 7. The predicted octanol–water partition coefficient (Wildman–Crippen LogP) is 2.44. The first-order valence-electron chi connectivity index (χ1n) is 6.62. The Labute approximate surface area is 119 Å². The van der Waals surface area contributed by atoms with E-state index in [1.165, 1.54) is 0 Å². The molecule has 0 aromatic carbocycles. The van der Waals surface area contributed by atoms with Crippen LogP contribution < -0.4 is 5.32 Å². The minimum absolute atomic E-state index is 0.129. The van der Waals surface area contributed by atoms with E-state index in [2.05, 4.69) is 10.3 Å². The second-order valence-corrected chi connectivity index (χ2v) is 5.10. The van der Waals surface area contributed by atoms with Gasteiger partial charge in [0.05, 0.1) is 0 Å². The van der Waals surface area contributed by atoms with E-state index in [4.69, 9.17) is 16.7 Å². The van der Waals surface area contributed by atoms with Crippen molar-refractivity contribution in [2.75, 3.05) is 13.2 Å². The Bertz CT molecular complexity index is 424. The van der Waals surface area contributed by atoms with Crippen LogP contribution in [0, 0.1) is 5.92 Å². The lowest BCUT2D eigenvalue weighted by atomic mass is 10.1. The van der Waals surface area contributed by atoms with Crippen molar-refractivity contribution in [3.8, 4) is 0 Å². The van der Waals surface area contributed by atoms with Gasteiger partial charge in [-0.05, 0) is 37.3 Å². The minimum atomic E-state index is -0.129. The van der Waals surface area contributed by atoms with Crippen LogP contribution in [0.25, 0.3) is 0 Å². The highest BCUT2D eigenvalue weighted by atomic mass is 35.5. The predicted molar refractivity (Wildman–Crippen MR) is 76.4 cm³/mol. The zero-order chi connectivity index (χ0) is 14.3. The fourth-order valence-electron chi connectivity index (χ4n) is 1.71. The molecule has 2 N–H and O–H groups in total. The van der Waals surface area contributed by atoms with E-state index in [1.54, 1.807) is 12.1 Å². The van der Waals surface area contributed by atoms with Crippen molar-refractivity contribution in [1.29, 1.82) is 0 Å². The number of amides is 1. The van der Waals surface area contributed by atoms with Crippen molar-refractivity contribution in [3.05, 3.63) is 28.5 Å². The molecular formula is C14H21ClN2O2. The molecule has 0 radical (unpaired) electrons. The average Bonchev–Trinajstić information content (AvgIpc) is 2.42. The van der Waals surface area contributed by atoms with Crippen molar-refractivity contribution in [1.82, 2.24) is 10.3 Å². The molecule has 19 heavy (non-hydrogen) atoms. The summed E-state index contributed by atoms with van der Waals surface area (Å²) in [7, 11) is 0. The second-order valence-electron chi connectivity index (χ2n) is 4.71. The lowest BCUT2D eigenvalue weighted by Crippen LogP contribution is -2.25. The third kappa shape index (κ3) is 5.57. The first-order valence-corrected chi connectivity index (χ1v) is 7.00. The van der Waals surface area contributed by atoms with Crippen LogP contribution in [0.15, 0.2) is 12.1 Å². The molecule has 0 aliphatic heterocycles. The van der Waals surface area contributed by atoms with Crippen LogP contribution in [0.4, 0.5) is 0 Å². The Balaban J connectivity index is 2.47. The second kappa shape index (κ2) is 8.12. The highest BCUT2D eigenvalue weighted by Crippen LogP contribution is 2.11. The number of carbonyl (C=O) groups is 1. The number of hydrogen-bond donors (Lipinski definition) is 2. The van der Waals surface area contributed by atoms with Crippen LogP contribution in [0.1, 0.15) is 42.7 Å². The van der Waals surface area contributed by atoms with Gasteiger partial charge in [-0.2, -0.15) is 0 Å². The summed E-state index contributed by atoms with van der Waals surface area (Å²) in [4.78, 5) is 16.1. The molecular weight excluding hydrogens is 264 g/mol. The van der Waals surface area contributed by atoms with Crippen LogP contribution in [-0.4, -0.2) is 29.1 Å². The molecule has 0 spiro atoms. The van der Waals surface area contributed by atoms with Gasteiger partial charge in [-0.15, -0.1) is 0 Å². The summed E-state index contributed by atoms with van der Waals surface area (Å²) in [6, 6.07) is 3.34. The number of aromatic nitrogens is 1. The van der Waals surface area contributed by atoms with E-state index in [0.717, 1.165) is 25.0 Å². The maximum absolute atomic E-state index is 11.9. The number of aryl methyl sites for hydroxylation is 1. The van der Waals surface area contributed by atoms with Gasteiger partial charge in [0.2, 0.25) is 0 Å². The molecule has 1 unspecified atom stereocenters. The van der Waals surface area contributed by atoms with Crippen LogP contribution in [-0.2, 0) is 6.42 Å². The summed E-state index contributed by atoms with van der Waals surface area (Å²) in [5, 5.41) is 12.1. The van der Waals surface area contributed by atoms with Crippen molar-refractivity contribution < 1.29 is 9.90 Å². The molecule has 5 heteroatoms. The van der Waals surface area contributed by atoms with Crippen molar-refractivity contribution >= 4 is 17.5 Å². The van der Waals surface area contributed by atoms with Gasteiger partial charge in [0.25, 0.3) is 5.91 Å². The molecule has 0 fully saturated rings.